The number of rotatable bonds is 4. The van der Waals surface area contributed by atoms with Crippen LogP contribution < -0.4 is 10.2 Å². The van der Waals surface area contributed by atoms with Crippen LogP contribution in [0.15, 0.2) is 54.6 Å². The summed E-state index contributed by atoms with van der Waals surface area (Å²) in [5.74, 6) is 0. The van der Waals surface area contributed by atoms with Crippen molar-refractivity contribution in [2.45, 2.75) is 20.3 Å². The highest BCUT2D eigenvalue weighted by molar-refractivity contribution is 7.80. The molecule has 0 heterocycles. The zero-order valence-electron chi connectivity index (χ0n) is 12.0. The van der Waals surface area contributed by atoms with E-state index in [-0.39, 0.29) is 0 Å². The summed E-state index contributed by atoms with van der Waals surface area (Å²) in [7, 11) is 0. The molecule has 2 aromatic carbocycles. The average Bonchev–Trinajstić information content (AvgIpc) is 2.50. The molecule has 0 saturated heterocycles. The Morgan fingerprint density at radius 1 is 1.00 bits per heavy atom. The van der Waals surface area contributed by atoms with Crippen LogP contribution in [0.5, 0.6) is 0 Å². The SMILES string of the molecule is CCc1ccc(NC(=S)N(CC)c2ccccc2)cc1. The monoisotopic (exact) mass is 284 g/mol. The summed E-state index contributed by atoms with van der Waals surface area (Å²) in [6, 6.07) is 18.6. The van der Waals surface area contributed by atoms with Crippen molar-refractivity contribution in [2.24, 2.45) is 0 Å². The molecule has 2 nitrogen and oxygen atoms in total. The molecule has 0 bridgehead atoms. The zero-order chi connectivity index (χ0) is 14.4. The van der Waals surface area contributed by atoms with E-state index in [0.29, 0.717) is 0 Å². The molecule has 0 aliphatic heterocycles. The van der Waals surface area contributed by atoms with Crippen molar-refractivity contribution < 1.29 is 0 Å². The van der Waals surface area contributed by atoms with Gasteiger partial charge >= 0.3 is 0 Å². The molecule has 0 saturated carbocycles. The lowest BCUT2D eigenvalue weighted by Gasteiger charge is -2.24. The van der Waals surface area contributed by atoms with Crippen molar-refractivity contribution in [3.63, 3.8) is 0 Å². The van der Waals surface area contributed by atoms with Gasteiger partial charge in [0.05, 0.1) is 0 Å². The standard InChI is InChI=1S/C17H20N2S/c1-3-14-10-12-15(13-11-14)18-17(20)19(4-2)16-8-6-5-7-9-16/h5-13H,3-4H2,1-2H3,(H,18,20). The summed E-state index contributed by atoms with van der Waals surface area (Å²) >= 11 is 5.51. The first kappa shape index (κ1) is 14.5. The summed E-state index contributed by atoms with van der Waals surface area (Å²) in [4.78, 5) is 2.09. The molecule has 0 aliphatic carbocycles. The summed E-state index contributed by atoms with van der Waals surface area (Å²) in [6.45, 7) is 5.09. The van der Waals surface area contributed by atoms with E-state index in [0.717, 1.165) is 29.5 Å². The van der Waals surface area contributed by atoms with Crippen LogP contribution in [0, 0.1) is 0 Å². The minimum absolute atomic E-state index is 0.725. The van der Waals surface area contributed by atoms with E-state index in [1.54, 1.807) is 0 Å². The lowest BCUT2D eigenvalue weighted by Crippen LogP contribution is -2.34. The second-order valence-electron chi connectivity index (χ2n) is 4.56. The van der Waals surface area contributed by atoms with Gasteiger partial charge in [0.15, 0.2) is 5.11 Å². The molecule has 0 aromatic heterocycles. The number of hydrogen-bond donors (Lipinski definition) is 1. The van der Waals surface area contributed by atoms with E-state index in [4.69, 9.17) is 12.2 Å². The second kappa shape index (κ2) is 7.06. The molecular formula is C17H20N2S. The normalized spacial score (nSPS) is 10.1. The van der Waals surface area contributed by atoms with E-state index in [1.807, 2.05) is 18.2 Å². The number of nitrogens with one attached hydrogen (secondary N) is 1. The third-order valence-electron chi connectivity index (χ3n) is 3.24. The second-order valence-corrected chi connectivity index (χ2v) is 4.95. The Labute approximate surface area is 126 Å². The van der Waals surface area contributed by atoms with Gasteiger partial charge in [0.1, 0.15) is 0 Å². The maximum Gasteiger partial charge on any atom is 0.177 e. The van der Waals surface area contributed by atoms with Crippen LogP contribution in [0.3, 0.4) is 0 Å². The van der Waals surface area contributed by atoms with Gasteiger partial charge in [-0.3, -0.25) is 0 Å². The Bertz CT molecular complexity index is 549. The highest BCUT2D eigenvalue weighted by atomic mass is 32.1. The minimum atomic E-state index is 0.725. The average molecular weight is 284 g/mol. The van der Waals surface area contributed by atoms with Crippen LogP contribution >= 0.6 is 12.2 Å². The highest BCUT2D eigenvalue weighted by Crippen LogP contribution is 2.16. The van der Waals surface area contributed by atoms with E-state index < -0.39 is 0 Å². The molecule has 0 unspecified atom stereocenters. The molecule has 0 atom stereocenters. The summed E-state index contributed by atoms with van der Waals surface area (Å²) in [5, 5.41) is 4.03. The van der Waals surface area contributed by atoms with Crippen molar-refractivity contribution >= 4 is 28.7 Å². The van der Waals surface area contributed by atoms with E-state index in [2.05, 4.69) is 60.5 Å². The number of benzene rings is 2. The van der Waals surface area contributed by atoms with Gasteiger partial charge in [-0.1, -0.05) is 37.3 Å². The quantitative estimate of drug-likeness (QED) is 0.834. The lowest BCUT2D eigenvalue weighted by molar-refractivity contribution is 1.07. The van der Waals surface area contributed by atoms with Crippen molar-refractivity contribution in [1.29, 1.82) is 0 Å². The first-order chi connectivity index (χ1) is 9.74. The Morgan fingerprint density at radius 2 is 1.65 bits per heavy atom. The van der Waals surface area contributed by atoms with Gasteiger partial charge in [0, 0.05) is 17.9 Å². The predicted octanol–water partition coefficient (Wildman–Crippen LogP) is 4.47. The van der Waals surface area contributed by atoms with Crippen LogP contribution in [-0.2, 0) is 6.42 Å². The van der Waals surface area contributed by atoms with Gasteiger partial charge in [-0.15, -0.1) is 0 Å². The van der Waals surface area contributed by atoms with E-state index >= 15 is 0 Å². The molecule has 0 radical (unpaired) electrons. The fraction of sp³-hybridized carbons (Fsp3) is 0.235. The Kier molecular flexibility index (Phi) is 5.13. The Hall–Kier alpha value is -1.87. The molecule has 2 rings (SSSR count). The van der Waals surface area contributed by atoms with Crippen LogP contribution in [0.25, 0.3) is 0 Å². The molecule has 0 fully saturated rings. The molecule has 0 spiro atoms. The van der Waals surface area contributed by atoms with Crippen LogP contribution in [-0.4, -0.2) is 11.7 Å². The smallest absolute Gasteiger partial charge is 0.177 e. The van der Waals surface area contributed by atoms with Crippen molar-refractivity contribution in [1.82, 2.24) is 0 Å². The Balaban J connectivity index is 2.09. The lowest BCUT2D eigenvalue weighted by atomic mass is 10.1. The fourth-order valence-corrected chi connectivity index (χ4v) is 2.42. The van der Waals surface area contributed by atoms with Crippen LogP contribution in [0.4, 0.5) is 11.4 Å². The molecular weight excluding hydrogens is 264 g/mol. The molecule has 104 valence electrons. The Morgan fingerprint density at radius 3 is 2.20 bits per heavy atom. The van der Waals surface area contributed by atoms with Gasteiger partial charge in [-0.25, -0.2) is 0 Å². The fourth-order valence-electron chi connectivity index (χ4n) is 2.07. The first-order valence-corrected chi connectivity index (χ1v) is 7.38. The number of nitrogens with zero attached hydrogens (tertiary/aromatic N) is 1. The number of thiocarbonyl (C=S) groups is 1. The number of para-hydroxylation sites is 1. The zero-order valence-corrected chi connectivity index (χ0v) is 12.8. The van der Waals surface area contributed by atoms with E-state index in [1.165, 1.54) is 5.56 Å². The molecule has 0 amide bonds. The summed E-state index contributed by atoms with van der Waals surface area (Å²) < 4.78 is 0. The van der Waals surface area contributed by atoms with E-state index in [9.17, 15) is 0 Å². The molecule has 20 heavy (non-hydrogen) atoms. The molecule has 2 aromatic rings. The largest absolute Gasteiger partial charge is 0.332 e. The predicted molar refractivity (Wildman–Crippen MR) is 91.5 cm³/mol. The maximum atomic E-state index is 5.51. The van der Waals surface area contributed by atoms with Crippen molar-refractivity contribution in [2.75, 3.05) is 16.8 Å². The highest BCUT2D eigenvalue weighted by Gasteiger charge is 2.09. The van der Waals surface area contributed by atoms with Crippen LogP contribution in [0.2, 0.25) is 0 Å². The van der Waals surface area contributed by atoms with Gasteiger partial charge in [-0.05, 0) is 55.4 Å². The topological polar surface area (TPSA) is 15.3 Å². The third kappa shape index (κ3) is 3.58. The molecule has 0 aliphatic rings. The number of hydrogen-bond acceptors (Lipinski definition) is 1. The van der Waals surface area contributed by atoms with Gasteiger partial charge in [0.25, 0.3) is 0 Å². The summed E-state index contributed by atoms with van der Waals surface area (Å²) in [5.41, 5.74) is 3.47. The van der Waals surface area contributed by atoms with Gasteiger partial charge in [-0.2, -0.15) is 0 Å². The summed E-state index contributed by atoms with van der Waals surface area (Å²) in [6.07, 6.45) is 1.05. The maximum absolute atomic E-state index is 5.51. The van der Waals surface area contributed by atoms with Gasteiger partial charge in [0.2, 0.25) is 0 Å². The minimum Gasteiger partial charge on any atom is -0.332 e. The third-order valence-corrected chi connectivity index (χ3v) is 3.57. The number of anilines is 2. The van der Waals surface area contributed by atoms with Crippen molar-refractivity contribution in [3.05, 3.63) is 60.2 Å². The van der Waals surface area contributed by atoms with Crippen molar-refractivity contribution in [3.8, 4) is 0 Å². The molecule has 1 N–H and O–H groups in total. The molecule has 3 heteroatoms. The van der Waals surface area contributed by atoms with Gasteiger partial charge < -0.3 is 10.2 Å². The number of aryl methyl sites for hydroxylation is 1. The first-order valence-electron chi connectivity index (χ1n) is 6.97. The van der Waals surface area contributed by atoms with Crippen LogP contribution in [0.1, 0.15) is 19.4 Å².